The number of ketones is 1. The molecule has 2 unspecified atom stereocenters. The summed E-state index contributed by atoms with van der Waals surface area (Å²) in [4.78, 5) is 11.7. The van der Waals surface area contributed by atoms with E-state index in [1.807, 2.05) is 35.1 Å². The van der Waals surface area contributed by atoms with Crippen molar-refractivity contribution in [1.82, 2.24) is 15.0 Å². The van der Waals surface area contributed by atoms with Crippen molar-refractivity contribution < 1.29 is 9.90 Å². The number of aromatic nitrogens is 3. The van der Waals surface area contributed by atoms with Gasteiger partial charge in [0, 0.05) is 25.6 Å². The molecule has 0 saturated heterocycles. The minimum Gasteiger partial charge on any atom is -0.388 e. The van der Waals surface area contributed by atoms with E-state index in [-0.39, 0.29) is 5.78 Å². The molecule has 1 heterocycles. The molecule has 6 heteroatoms. The lowest BCUT2D eigenvalue weighted by atomic mass is 10.0. The molecule has 0 saturated carbocycles. The number of hydrogen-bond acceptors (Lipinski definition) is 4. The molecule has 0 aliphatic heterocycles. The minimum atomic E-state index is -0.642. The van der Waals surface area contributed by atoms with Crippen LogP contribution in [-0.2, 0) is 24.2 Å². The Morgan fingerprint density at radius 1 is 1.19 bits per heavy atom. The molecule has 0 aliphatic carbocycles. The van der Waals surface area contributed by atoms with Gasteiger partial charge in [0.1, 0.15) is 0 Å². The van der Waals surface area contributed by atoms with Gasteiger partial charge < -0.3 is 5.11 Å². The number of carbonyl (C=O) groups excluding carboxylic acids is 1. The number of alkyl halides is 1. The normalized spacial score (nSPS) is 13.5. The molecule has 0 bridgehead atoms. The number of nitrogens with zero attached hydrogens (tertiary/aromatic N) is 3. The number of aryl methyl sites for hydroxylation is 1. The molecule has 1 aromatic carbocycles. The summed E-state index contributed by atoms with van der Waals surface area (Å²) in [6.07, 6.45) is 8.12. The zero-order chi connectivity index (χ0) is 19.6. The smallest absolute Gasteiger partial charge is 0.154 e. The molecule has 1 N–H and O–H groups in total. The zero-order valence-corrected chi connectivity index (χ0v) is 17.0. The van der Waals surface area contributed by atoms with E-state index in [4.69, 9.17) is 11.6 Å². The molecule has 27 heavy (non-hydrogen) atoms. The predicted octanol–water partition coefficient (Wildman–Crippen LogP) is 4.26. The van der Waals surface area contributed by atoms with E-state index in [9.17, 15) is 9.90 Å². The summed E-state index contributed by atoms with van der Waals surface area (Å²) >= 11 is 5.80. The van der Waals surface area contributed by atoms with Crippen LogP contribution in [0.3, 0.4) is 0 Å². The average Bonchev–Trinajstić information content (AvgIpc) is 3.09. The van der Waals surface area contributed by atoms with Crippen LogP contribution in [0.25, 0.3) is 0 Å². The first kappa shape index (κ1) is 21.6. The average molecular weight is 392 g/mol. The SMILES string of the molecule is CCCCCCCn1cc(CC(O)c2ccc(CC(=O)C(C)Cl)cc2)nn1. The summed E-state index contributed by atoms with van der Waals surface area (Å²) in [6, 6.07) is 7.43. The van der Waals surface area contributed by atoms with Gasteiger partial charge in [-0.15, -0.1) is 16.7 Å². The van der Waals surface area contributed by atoms with Crippen LogP contribution in [0.1, 0.15) is 68.9 Å². The van der Waals surface area contributed by atoms with Gasteiger partial charge in [0.25, 0.3) is 0 Å². The Hall–Kier alpha value is -1.72. The fraction of sp³-hybridized carbons (Fsp3) is 0.571. The van der Waals surface area contributed by atoms with Crippen LogP contribution in [0.2, 0.25) is 0 Å². The number of aliphatic hydroxyl groups is 1. The second-order valence-corrected chi connectivity index (χ2v) is 7.76. The minimum absolute atomic E-state index is 0.00345. The fourth-order valence-corrected chi connectivity index (χ4v) is 3.01. The van der Waals surface area contributed by atoms with Crippen molar-refractivity contribution in [3.05, 3.63) is 47.3 Å². The highest BCUT2D eigenvalue weighted by molar-refractivity contribution is 6.30. The Morgan fingerprint density at radius 2 is 1.89 bits per heavy atom. The van der Waals surface area contributed by atoms with E-state index >= 15 is 0 Å². The molecule has 148 valence electrons. The molecule has 0 fully saturated rings. The van der Waals surface area contributed by atoms with Crippen molar-refractivity contribution in [2.24, 2.45) is 0 Å². The third-order valence-corrected chi connectivity index (χ3v) is 4.91. The number of aliphatic hydroxyl groups excluding tert-OH is 1. The van der Waals surface area contributed by atoms with Crippen LogP contribution < -0.4 is 0 Å². The van der Waals surface area contributed by atoms with Gasteiger partial charge in [-0.2, -0.15) is 0 Å². The van der Waals surface area contributed by atoms with E-state index in [1.165, 1.54) is 25.7 Å². The van der Waals surface area contributed by atoms with E-state index < -0.39 is 11.5 Å². The molecule has 0 aliphatic rings. The second-order valence-electron chi connectivity index (χ2n) is 7.11. The summed E-state index contributed by atoms with van der Waals surface area (Å²) in [5.41, 5.74) is 2.49. The highest BCUT2D eigenvalue weighted by atomic mass is 35.5. The van der Waals surface area contributed by atoms with Crippen LogP contribution in [0.4, 0.5) is 0 Å². The topological polar surface area (TPSA) is 68.0 Å². The third kappa shape index (κ3) is 7.43. The lowest BCUT2D eigenvalue weighted by molar-refractivity contribution is -0.117. The Morgan fingerprint density at radius 3 is 2.56 bits per heavy atom. The van der Waals surface area contributed by atoms with Gasteiger partial charge in [0.2, 0.25) is 0 Å². The van der Waals surface area contributed by atoms with Crippen LogP contribution in [0, 0.1) is 0 Å². The first-order valence-electron chi connectivity index (χ1n) is 9.82. The molecule has 2 aromatic rings. The molecule has 0 spiro atoms. The van der Waals surface area contributed by atoms with Gasteiger partial charge in [0.05, 0.1) is 17.2 Å². The van der Waals surface area contributed by atoms with Gasteiger partial charge in [-0.3, -0.25) is 9.48 Å². The summed E-state index contributed by atoms with van der Waals surface area (Å²) in [5, 5.41) is 18.3. The summed E-state index contributed by atoms with van der Waals surface area (Å²) in [5.74, 6) is -0.00345. The number of unbranched alkanes of at least 4 members (excludes halogenated alkanes) is 4. The van der Waals surface area contributed by atoms with Crippen molar-refractivity contribution >= 4 is 17.4 Å². The maximum absolute atomic E-state index is 11.7. The third-order valence-electron chi connectivity index (χ3n) is 4.67. The van der Waals surface area contributed by atoms with Crippen LogP contribution in [0.5, 0.6) is 0 Å². The summed E-state index contributed by atoms with van der Waals surface area (Å²) in [7, 11) is 0. The van der Waals surface area contributed by atoms with Crippen molar-refractivity contribution in [2.75, 3.05) is 0 Å². The number of hydrogen-bond donors (Lipinski definition) is 1. The van der Waals surface area contributed by atoms with Crippen LogP contribution >= 0.6 is 11.6 Å². The number of Topliss-reactive ketones (excluding diaryl/α,β-unsaturated/α-hetero) is 1. The van der Waals surface area contributed by atoms with E-state index in [0.29, 0.717) is 12.8 Å². The van der Waals surface area contributed by atoms with Crippen molar-refractivity contribution in [3.63, 3.8) is 0 Å². The highest BCUT2D eigenvalue weighted by Gasteiger charge is 2.13. The van der Waals surface area contributed by atoms with Gasteiger partial charge in [-0.05, 0) is 24.5 Å². The maximum Gasteiger partial charge on any atom is 0.154 e. The number of carbonyl (C=O) groups is 1. The lowest BCUT2D eigenvalue weighted by Crippen LogP contribution is -2.13. The van der Waals surface area contributed by atoms with Gasteiger partial charge in [-0.25, -0.2) is 0 Å². The van der Waals surface area contributed by atoms with E-state index in [2.05, 4.69) is 17.2 Å². The van der Waals surface area contributed by atoms with E-state index in [1.54, 1.807) is 6.92 Å². The molecule has 5 nitrogen and oxygen atoms in total. The molecule has 1 aromatic heterocycles. The molecule has 0 amide bonds. The maximum atomic E-state index is 11.7. The predicted molar refractivity (Wildman–Crippen MR) is 108 cm³/mol. The lowest BCUT2D eigenvalue weighted by Gasteiger charge is -2.10. The Kier molecular flexibility index (Phi) is 8.95. The fourth-order valence-electron chi connectivity index (χ4n) is 2.93. The highest BCUT2D eigenvalue weighted by Crippen LogP contribution is 2.18. The molecular formula is C21H30ClN3O2. The monoisotopic (exact) mass is 391 g/mol. The molecule has 0 radical (unpaired) electrons. The van der Waals surface area contributed by atoms with Crippen molar-refractivity contribution in [2.45, 2.75) is 76.8 Å². The Bertz CT molecular complexity index is 698. The zero-order valence-electron chi connectivity index (χ0n) is 16.3. The Balaban J connectivity index is 1.82. The van der Waals surface area contributed by atoms with Gasteiger partial charge in [-0.1, -0.05) is 62.1 Å². The largest absolute Gasteiger partial charge is 0.388 e. The first-order valence-corrected chi connectivity index (χ1v) is 10.3. The quantitative estimate of drug-likeness (QED) is 0.433. The molecule has 2 atom stereocenters. The second kappa shape index (κ2) is 11.2. The number of benzene rings is 1. The number of rotatable bonds is 12. The summed E-state index contributed by atoms with van der Waals surface area (Å²) < 4.78 is 1.86. The first-order chi connectivity index (χ1) is 13.0. The standard InChI is InChI=1S/C21H30ClN3O2/c1-3-4-5-6-7-12-25-15-19(23-24-25)14-21(27)18-10-8-17(9-11-18)13-20(26)16(2)22/h8-11,15-16,21,27H,3-7,12-14H2,1-2H3. The Labute approximate surface area is 166 Å². The van der Waals surface area contributed by atoms with Gasteiger partial charge >= 0.3 is 0 Å². The molecular weight excluding hydrogens is 362 g/mol. The van der Waals surface area contributed by atoms with Gasteiger partial charge in [0.15, 0.2) is 5.78 Å². The molecule has 2 rings (SSSR count). The number of halogens is 1. The van der Waals surface area contributed by atoms with Crippen molar-refractivity contribution in [3.8, 4) is 0 Å². The summed E-state index contributed by atoms with van der Waals surface area (Å²) in [6.45, 7) is 4.76. The van der Waals surface area contributed by atoms with E-state index in [0.717, 1.165) is 29.8 Å². The van der Waals surface area contributed by atoms with Crippen LogP contribution in [0.15, 0.2) is 30.5 Å². The van der Waals surface area contributed by atoms with Crippen LogP contribution in [-0.4, -0.2) is 31.3 Å². The van der Waals surface area contributed by atoms with Crippen molar-refractivity contribution in [1.29, 1.82) is 0 Å².